The van der Waals surface area contributed by atoms with E-state index in [0.29, 0.717) is 18.4 Å². The fraction of sp³-hybridized carbons (Fsp3) is 0.579. The summed E-state index contributed by atoms with van der Waals surface area (Å²) in [5.74, 6) is 2.12. The Labute approximate surface area is 145 Å². The number of hydrogen-bond acceptors (Lipinski definition) is 2. The van der Waals surface area contributed by atoms with Crippen molar-refractivity contribution in [2.45, 2.75) is 33.7 Å². The average Bonchev–Trinajstić information content (AvgIpc) is 2.56. The van der Waals surface area contributed by atoms with Gasteiger partial charge in [-0.2, -0.15) is 0 Å². The monoisotopic (exact) mass is 330 g/mol. The quantitative estimate of drug-likeness (QED) is 0.643. The van der Waals surface area contributed by atoms with E-state index in [0.717, 1.165) is 31.2 Å². The van der Waals surface area contributed by atoms with Crippen LogP contribution in [0.1, 0.15) is 32.8 Å². The number of piperidine rings is 1. The lowest BCUT2D eigenvalue weighted by Gasteiger charge is -2.37. The number of likely N-dealkylation sites (tertiary alicyclic amines) is 1. The molecule has 5 nitrogen and oxygen atoms in total. The molecule has 2 unspecified atom stereocenters. The van der Waals surface area contributed by atoms with Crippen molar-refractivity contribution in [3.8, 4) is 0 Å². The average molecular weight is 330 g/mol. The number of amides is 1. The van der Waals surface area contributed by atoms with Gasteiger partial charge >= 0.3 is 0 Å². The third-order valence-electron chi connectivity index (χ3n) is 4.21. The van der Waals surface area contributed by atoms with Crippen molar-refractivity contribution in [1.29, 1.82) is 0 Å². The zero-order valence-electron chi connectivity index (χ0n) is 15.1. The van der Waals surface area contributed by atoms with Gasteiger partial charge in [0.2, 0.25) is 5.91 Å². The predicted molar refractivity (Wildman–Crippen MR) is 98.8 cm³/mol. The summed E-state index contributed by atoms with van der Waals surface area (Å²) in [7, 11) is 0. The van der Waals surface area contributed by atoms with E-state index in [4.69, 9.17) is 0 Å². The highest BCUT2D eigenvalue weighted by Gasteiger charge is 2.24. The number of carbonyl (C=O) groups excluding carboxylic acids is 1. The van der Waals surface area contributed by atoms with Crippen molar-refractivity contribution in [2.75, 3.05) is 26.2 Å². The number of rotatable bonds is 5. The first-order valence-corrected chi connectivity index (χ1v) is 8.92. The molecule has 2 atom stereocenters. The molecule has 1 amide bonds. The summed E-state index contributed by atoms with van der Waals surface area (Å²) < 4.78 is 0. The van der Waals surface area contributed by atoms with Gasteiger partial charge in [0.05, 0.1) is 0 Å². The standard InChI is InChI=1S/C19H30N4O/c1-4-20-19(23-13-15(2)10-16(3)14-23)22-12-18(24)21-11-17-8-6-5-7-9-17/h5-9,15-16H,4,10-14H2,1-3H3,(H,20,22)(H,21,24). The van der Waals surface area contributed by atoms with Crippen LogP contribution in [-0.4, -0.2) is 42.9 Å². The van der Waals surface area contributed by atoms with Crippen molar-refractivity contribution < 1.29 is 4.79 Å². The van der Waals surface area contributed by atoms with Crippen LogP contribution in [0.5, 0.6) is 0 Å². The normalized spacial score (nSPS) is 21.5. The first-order chi connectivity index (χ1) is 11.6. The minimum Gasteiger partial charge on any atom is -0.357 e. The van der Waals surface area contributed by atoms with Crippen molar-refractivity contribution in [1.82, 2.24) is 15.5 Å². The first-order valence-electron chi connectivity index (χ1n) is 8.92. The Bertz CT molecular complexity index is 534. The van der Waals surface area contributed by atoms with Crippen LogP contribution in [0, 0.1) is 11.8 Å². The molecule has 1 aromatic rings. The van der Waals surface area contributed by atoms with Crippen LogP contribution in [0.15, 0.2) is 35.3 Å². The molecule has 0 bridgehead atoms. The molecule has 0 radical (unpaired) electrons. The zero-order chi connectivity index (χ0) is 17.4. The second-order valence-electron chi connectivity index (χ2n) is 6.78. The van der Waals surface area contributed by atoms with Gasteiger partial charge in [-0.05, 0) is 30.7 Å². The highest BCUT2D eigenvalue weighted by molar-refractivity contribution is 5.85. The molecule has 132 valence electrons. The third-order valence-corrected chi connectivity index (χ3v) is 4.21. The van der Waals surface area contributed by atoms with E-state index < -0.39 is 0 Å². The van der Waals surface area contributed by atoms with Crippen LogP contribution < -0.4 is 10.6 Å². The van der Waals surface area contributed by atoms with Crippen molar-refractivity contribution in [2.24, 2.45) is 16.8 Å². The smallest absolute Gasteiger partial charge is 0.242 e. The van der Waals surface area contributed by atoms with Crippen LogP contribution in [0.3, 0.4) is 0 Å². The zero-order valence-corrected chi connectivity index (χ0v) is 15.1. The van der Waals surface area contributed by atoms with Gasteiger partial charge in [-0.1, -0.05) is 44.2 Å². The molecule has 5 heteroatoms. The highest BCUT2D eigenvalue weighted by Crippen LogP contribution is 2.20. The molecule has 0 aromatic heterocycles. The van der Waals surface area contributed by atoms with Gasteiger partial charge in [0.15, 0.2) is 5.96 Å². The molecule has 1 aliphatic heterocycles. The van der Waals surface area contributed by atoms with Gasteiger partial charge in [-0.25, -0.2) is 4.99 Å². The SMILES string of the molecule is CCNC(=NCC(=O)NCc1ccccc1)N1CC(C)CC(C)C1. The van der Waals surface area contributed by atoms with Crippen LogP contribution in [-0.2, 0) is 11.3 Å². The lowest BCUT2D eigenvalue weighted by Crippen LogP contribution is -2.48. The molecular formula is C19H30N4O. The van der Waals surface area contributed by atoms with Crippen molar-refractivity contribution in [3.05, 3.63) is 35.9 Å². The Hall–Kier alpha value is -2.04. The molecule has 0 saturated carbocycles. The summed E-state index contributed by atoms with van der Waals surface area (Å²) >= 11 is 0. The van der Waals surface area contributed by atoms with Gasteiger partial charge < -0.3 is 15.5 Å². The van der Waals surface area contributed by atoms with Gasteiger partial charge in [0.25, 0.3) is 0 Å². The summed E-state index contributed by atoms with van der Waals surface area (Å²) in [5, 5.41) is 6.24. The van der Waals surface area contributed by atoms with Crippen LogP contribution >= 0.6 is 0 Å². The molecule has 0 aliphatic carbocycles. The second-order valence-corrected chi connectivity index (χ2v) is 6.78. The second kappa shape index (κ2) is 9.30. The van der Waals surface area contributed by atoms with Crippen molar-refractivity contribution >= 4 is 11.9 Å². The van der Waals surface area contributed by atoms with E-state index in [9.17, 15) is 4.79 Å². The largest absolute Gasteiger partial charge is 0.357 e. The number of benzene rings is 1. The van der Waals surface area contributed by atoms with Gasteiger partial charge in [-0.3, -0.25) is 4.79 Å². The molecule has 1 saturated heterocycles. The lowest BCUT2D eigenvalue weighted by molar-refractivity contribution is -0.119. The number of nitrogens with one attached hydrogen (secondary N) is 2. The Morgan fingerprint density at radius 1 is 1.17 bits per heavy atom. The molecule has 1 aliphatic rings. The molecule has 24 heavy (non-hydrogen) atoms. The summed E-state index contributed by atoms with van der Waals surface area (Å²) in [4.78, 5) is 18.9. The summed E-state index contributed by atoms with van der Waals surface area (Å²) in [5.41, 5.74) is 1.10. The molecule has 1 fully saturated rings. The summed E-state index contributed by atoms with van der Waals surface area (Å²) in [6.45, 7) is 10.1. The molecule has 2 rings (SSSR count). The number of aliphatic imine (C=N–C) groups is 1. The van der Waals surface area contributed by atoms with E-state index in [2.05, 4.69) is 41.3 Å². The fourth-order valence-corrected chi connectivity index (χ4v) is 3.26. The number of guanidine groups is 1. The Morgan fingerprint density at radius 3 is 2.46 bits per heavy atom. The number of carbonyl (C=O) groups is 1. The van der Waals surface area contributed by atoms with Gasteiger partial charge in [0.1, 0.15) is 6.54 Å². The number of hydrogen-bond donors (Lipinski definition) is 2. The molecule has 1 heterocycles. The van der Waals surface area contributed by atoms with Gasteiger partial charge in [0, 0.05) is 26.2 Å². The lowest BCUT2D eigenvalue weighted by atomic mass is 9.92. The van der Waals surface area contributed by atoms with Gasteiger partial charge in [-0.15, -0.1) is 0 Å². The van der Waals surface area contributed by atoms with Crippen LogP contribution in [0.2, 0.25) is 0 Å². The maximum Gasteiger partial charge on any atom is 0.242 e. The first kappa shape index (κ1) is 18.3. The van der Waals surface area contributed by atoms with Crippen LogP contribution in [0.4, 0.5) is 0 Å². The summed E-state index contributed by atoms with van der Waals surface area (Å²) in [6.07, 6.45) is 1.26. The minimum atomic E-state index is -0.0487. The Kier molecular flexibility index (Phi) is 7.09. The topological polar surface area (TPSA) is 56.7 Å². The minimum absolute atomic E-state index is 0.0487. The highest BCUT2D eigenvalue weighted by atomic mass is 16.1. The predicted octanol–water partition coefficient (Wildman–Crippen LogP) is 2.25. The third kappa shape index (κ3) is 5.87. The Morgan fingerprint density at radius 2 is 1.83 bits per heavy atom. The Balaban J connectivity index is 1.88. The van der Waals surface area contributed by atoms with E-state index in [1.807, 2.05) is 30.3 Å². The maximum atomic E-state index is 12.1. The molecular weight excluding hydrogens is 300 g/mol. The number of nitrogens with zero attached hydrogens (tertiary/aromatic N) is 2. The molecule has 2 N–H and O–H groups in total. The van der Waals surface area contributed by atoms with Crippen LogP contribution in [0.25, 0.3) is 0 Å². The van der Waals surface area contributed by atoms with E-state index >= 15 is 0 Å². The fourth-order valence-electron chi connectivity index (χ4n) is 3.26. The maximum absolute atomic E-state index is 12.1. The summed E-state index contributed by atoms with van der Waals surface area (Å²) in [6, 6.07) is 9.93. The van der Waals surface area contributed by atoms with Crippen molar-refractivity contribution in [3.63, 3.8) is 0 Å². The van der Waals surface area contributed by atoms with E-state index in [-0.39, 0.29) is 12.5 Å². The molecule has 1 aromatic carbocycles. The van der Waals surface area contributed by atoms with E-state index in [1.54, 1.807) is 0 Å². The molecule has 0 spiro atoms. The van der Waals surface area contributed by atoms with E-state index in [1.165, 1.54) is 6.42 Å².